The molecule has 1 aromatic rings. The van der Waals surface area contributed by atoms with Gasteiger partial charge in [0.15, 0.2) is 0 Å². The highest BCUT2D eigenvalue weighted by Gasteiger charge is 2.25. The van der Waals surface area contributed by atoms with Crippen LogP contribution >= 0.6 is 0 Å². The Morgan fingerprint density at radius 3 is 2.32 bits per heavy atom. The van der Waals surface area contributed by atoms with E-state index in [2.05, 4.69) is 17.0 Å². The van der Waals surface area contributed by atoms with Crippen molar-refractivity contribution in [2.45, 2.75) is 25.0 Å². The molecule has 1 saturated heterocycles. The van der Waals surface area contributed by atoms with Crippen LogP contribution in [0.15, 0.2) is 24.3 Å². The summed E-state index contributed by atoms with van der Waals surface area (Å²) in [7, 11) is 3.48. The Hall–Kier alpha value is -1.10. The predicted molar refractivity (Wildman–Crippen MR) is 76.4 cm³/mol. The fourth-order valence-electron chi connectivity index (χ4n) is 2.75. The van der Waals surface area contributed by atoms with Crippen molar-refractivity contribution < 1.29 is 9.47 Å². The second kappa shape index (κ2) is 6.89. The molecule has 1 aliphatic heterocycles. The van der Waals surface area contributed by atoms with Gasteiger partial charge >= 0.3 is 0 Å². The summed E-state index contributed by atoms with van der Waals surface area (Å²) in [5.41, 5.74) is 7.23. The Kier molecular flexibility index (Phi) is 5.19. The fraction of sp³-hybridized carbons (Fsp3) is 0.600. The van der Waals surface area contributed by atoms with Crippen LogP contribution in [0.1, 0.15) is 24.4 Å². The van der Waals surface area contributed by atoms with Crippen molar-refractivity contribution in [3.63, 3.8) is 0 Å². The number of nitrogens with zero attached hydrogens (tertiary/aromatic N) is 1. The van der Waals surface area contributed by atoms with Gasteiger partial charge in [-0.3, -0.25) is 4.90 Å². The summed E-state index contributed by atoms with van der Waals surface area (Å²) in [4.78, 5) is 2.46. The quantitative estimate of drug-likeness (QED) is 0.881. The molecule has 0 radical (unpaired) electrons. The van der Waals surface area contributed by atoms with E-state index in [1.54, 1.807) is 14.2 Å². The Bertz CT molecular complexity index is 372. The summed E-state index contributed by atoms with van der Waals surface area (Å²) in [5.74, 6) is 0.887. The van der Waals surface area contributed by atoms with Crippen LogP contribution in [0.2, 0.25) is 0 Å². The van der Waals surface area contributed by atoms with Crippen molar-refractivity contribution in [3.05, 3.63) is 29.8 Å². The van der Waals surface area contributed by atoms with Crippen LogP contribution in [0, 0.1) is 0 Å². The number of piperidine rings is 1. The van der Waals surface area contributed by atoms with Crippen molar-refractivity contribution in [1.82, 2.24) is 4.90 Å². The second-order valence-electron chi connectivity index (χ2n) is 5.00. The molecule has 4 nitrogen and oxygen atoms in total. The topological polar surface area (TPSA) is 47.7 Å². The molecule has 0 amide bonds. The van der Waals surface area contributed by atoms with Gasteiger partial charge in [-0.05, 0) is 30.5 Å². The number of benzene rings is 1. The Morgan fingerprint density at radius 2 is 1.84 bits per heavy atom. The lowest BCUT2D eigenvalue weighted by Crippen LogP contribution is -2.41. The number of hydrogen-bond donors (Lipinski definition) is 1. The highest BCUT2D eigenvalue weighted by atomic mass is 16.5. The van der Waals surface area contributed by atoms with Gasteiger partial charge in [-0.25, -0.2) is 0 Å². The summed E-state index contributed by atoms with van der Waals surface area (Å²) in [6, 6.07) is 8.51. The van der Waals surface area contributed by atoms with Gasteiger partial charge in [0.1, 0.15) is 5.75 Å². The molecule has 2 N–H and O–H groups in total. The highest BCUT2D eigenvalue weighted by Crippen LogP contribution is 2.26. The molecule has 0 aromatic heterocycles. The fourth-order valence-corrected chi connectivity index (χ4v) is 2.75. The lowest BCUT2D eigenvalue weighted by molar-refractivity contribution is 0.0280. The van der Waals surface area contributed by atoms with Crippen molar-refractivity contribution in [2.24, 2.45) is 5.73 Å². The lowest BCUT2D eigenvalue weighted by Gasteiger charge is -2.36. The number of ether oxygens (including phenoxy) is 2. The zero-order valence-corrected chi connectivity index (χ0v) is 11.8. The number of rotatable bonds is 5. The monoisotopic (exact) mass is 264 g/mol. The Balaban J connectivity index is 2.03. The van der Waals surface area contributed by atoms with Crippen LogP contribution in [-0.4, -0.2) is 44.9 Å². The van der Waals surface area contributed by atoms with Crippen LogP contribution in [0.3, 0.4) is 0 Å². The molecule has 1 atom stereocenters. The first-order chi connectivity index (χ1) is 9.28. The van der Waals surface area contributed by atoms with Gasteiger partial charge in [0, 0.05) is 32.8 Å². The van der Waals surface area contributed by atoms with Crippen LogP contribution in [-0.2, 0) is 4.74 Å². The summed E-state index contributed by atoms with van der Waals surface area (Å²) >= 11 is 0. The maximum absolute atomic E-state index is 5.97. The summed E-state index contributed by atoms with van der Waals surface area (Å²) in [6.07, 6.45) is 2.58. The van der Waals surface area contributed by atoms with E-state index in [0.29, 0.717) is 18.7 Å². The molecule has 106 valence electrons. The molecule has 1 aliphatic rings. The average molecular weight is 264 g/mol. The van der Waals surface area contributed by atoms with E-state index in [1.165, 1.54) is 5.56 Å². The largest absolute Gasteiger partial charge is 0.497 e. The molecule has 4 heteroatoms. The molecule has 0 aliphatic carbocycles. The molecule has 1 unspecified atom stereocenters. The van der Waals surface area contributed by atoms with E-state index in [9.17, 15) is 0 Å². The number of hydrogen-bond acceptors (Lipinski definition) is 4. The first-order valence-electron chi connectivity index (χ1n) is 6.89. The van der Waals surface area contributed by atoms with Gasteiger partial charge in [-0.2, -0.15) is 0 Å². The zero-order valence-electron chi connectivity index (χ0n) is 11.8. The molecular formula is C15H24N2O2. The molecule has 1 heterocycles. The van der Waals surface area contributed by atoms with Gasteiger partial charge in [-0.1, -0.05) is 12.1 Å². The van der Waals surface area contributed by atoms with Gasteiger partial charge in [0.05, 0.1) is 13.2 Å². The van der Waals surface area contributed by atoms with E-state index in [0.717, 1.165) is 31.7 Å². The minimum absolute atomic E-state index is 0.295. The third-order valence-corrected chi connectivity index (χ3v) is 3.97. The summed E-state index contributed by atoms with van der Waals surface area (Å²) in [6.45, 7) is 2.74. The molecule has 0 bridgehead atoms. The molecule has 2 rings (SSSR count). The zero-order chi connectivity index (χ0) is 13.7. The predicted octanol–water partition coefficient (Wildman–Crippen LogP) is 1.81. The summed E-state index contributed by atoms with van der Waals surface area (Å²) < 4.78 is 10.6. The summed E-state index contributed by atoms with van der Waals surface area (Å²) in [5, 5.41) is 0. The highest BCUT2D eigenvalue weighted by molar-refractivity contribution is 5.29. The van der Waals surface area contributed by atoms with Crippen molar-refractivity contribution in [1.29, 1.82) is 0 Å². The van der Waals surface area contributed by atoms with Gasteiger partial charge in [0.2, 0.25) is 0 Å². The Labute approximate surface area is 115 Å². The molecular weight excluding hydrogens is 240 g/mol. The molecule has 0 saturated carbocycles. The van der Waals surface area contributed by atoms with Gasteiger partial charge in [-0.15, -0.1) is 0 Å². The first kappa shape index (κ1) is 14.3. The van der Waals surface area contributed by atoms with Crippen molar-refractivity contribution >= 4 is 0 Å². The van der Waals surface area contributed by atoms with E-state index in [4.69, 9.17) is 15.2 Å². The standard InChI is InChI=1S/C15H24N2O2/c1-18-13-5-3-12(4-6-13)15(11-16)17-9-7-14(19-2)8-10-17/h3-6,14-15H,7-11,16H2,1-2H3. The smallest absolute Gasteiger partial charge is 0.118 e. The van der Waals surface area contributed by atoms with Crippen LogP contribution < -0.4 is 10.5 Å². The number of methoxy groups -OCH3 is 2. The molecule has 19 heavy (non-hydrogen) atoms. The van der Waals surface area contributed by atoms with Crippen LogP contribution in [0.25, 0.3) is 0 Å². The van der Waals surface area contributed by atoms with Crippen molar-refractivity contribution in [3.8, 4) is 5.75 Å². The minimum Gasteiger partial charge on any atom is -0.497 e. The van der Waals surface area contributed by atoms with Gasteiger partial charge < -0.3 is 15.2 Å². The second-order valence-corrected chi connectivity index (χ2v) is 5.00. The minimum atomic E-state index is 0.295. The maximum Gasteiger partial charge on any atom is 0.118 e. The number of nitrogens with two attached hydrogens (primary N) is 1. The molecule has 1 fully saturated rings. The van der Waals surface area contributed by atoms with E-state index in [-0.39, 0.29) is 0 Å². The lowest BCUT2D eigenvalue weighted by atomic mass is 10.0. The third kappa shape index (κ3) is 3.47. The van der Waals surface area contributed by atoms with E-state index < -0.39 is 0 Å². The van der Waals surface area contributed by atoms with E-state index in [1.807, 2.05) is 12.1 Å². The van der Waals surface area contributed by atoms with E-state index >= 15 is 0 Å². The number of likely N-dealkylation sites (tertiary alicyclic amines) is 1. The third-order valence-electron chi connectivity index (χ3n) is 3.97. The van der Waals surface area contributed by atoms with Crippen molar-refractivity contribution in [2.75, 3.05) is 33.9 Å². The normalized spacial score (nSPS) is 19.3. The Morgan fingerprint density at radius 1 is 1.21 bits per heavy atom. The average Bonchev–Trinajstić information content (AvgIpc) is 2.49. The van der Waals surface area contributed by atoms with Crippen LogP contribution in [0.4, 0.5) is 0 Å². The molecule has 1 aromatic carbocycles. The van der Waals surface area contributed by atoms with Crippen LogP contribution in [0.5, 0.6) is 5.75 Å². The molecule has 0 spiro atoms. The SMILES string of the molecule is COc1ccc(C(CN)N2CCC(OC)CC2)cc1. The maximum atomic E-state index is 5.97. The first-order valence-corrected chi connectivity index (χ1v) is 6.89. The van der Waals surface area contributed by atoms with Gasteiger partial charge in [0.25, 0.3) is 0 Å².